The number of aromatic nitrogens is 6. The highest BCUT2D eigenvalue weighted by molar-refractivity contribution is 5.91. The lowest BCUT2D eigenvalue weighted by atomic mass is 10.0. The zero-order valence-corrected chi connectivity index (χ0v) is 15.5. The summed E-state index contributed by atoms with van der Waals surface area (Å²) in [5, 5.41) is 8.99. The Hall–Kier alpha value is -3.55. The van der Waals surface area contributed by atoms with E-state index in [9.17, 15) is 4.79 Å². The van der Waals surface area contributed by atoms with Crippen LogP contribution in [-0.2, 0) is 19.9 Å². The maximum absolute atomic E-state index is 13.0. The van der Waals surface area contributed by atoms with Gasteiger partial charge < -0.3 is 4.90 Å². The van der Waals surface area contributed by atoms with Crippen LogP contribution in [0.2, 0.25) is 0 Å². The smallest absolute Gasteiger partial charge is 0.293 e. The van der Waals surface area contributed by atoms with E-state index in [-0.39, 0.29) is 11.7 Å². The first kappa shape index (κ1) is 16.6. The average Bonchev–Trinajstić information content (AvgIpc) is 3.23. The molecular weight excluding hydrogens is 354 g/mol. The first-order valence-electron chi connectivity index (χ1n) is 9.27. The molecule has 28 heavy (non-hydrogen) atoms. The van der Waals surface area contributed by atoms with Gasteiger partial charge in [-0.05, 0) is 12.5 Å². The second kappa shape index (κ2) is 6.56. The van der Waals surface area contributed by atoms with E-state index in [4.69, 9.17) is 5.10 Å². The second-order valence-electron chi connectivity index (χ2n) is 6.86. The first-order valence-corrected chi connectivity index (χ1v) is 9.27. The van der Waals surface area contributed by atoms with Gasteiger partial charge in [0.1, 0.15) is 0 Å². The van der Waals surface area contributed by atoms with Crippen molar-refractivity contribution in [3.8, 4) is 11.3 Å². The van der Waals surface area contributed by atoms with Crippen LogP contribution in [0.1, 0.15) is 21.9 Å². The highest BCUT2D eigenvalue weighted by Gasteiger charge is 2.27. The molecule has 8 heteroatoms. The summed E-state index contributed by atoms with van der Waals surface area (Å²) in [6.07, 6.45) is 4.84. The highest BCUT2D eigenvalue weighted by atomic mass is 16.2. The van der Waals surface area contributed by atoms with Gasteiger partial charge in [0.25, 0.3) is 11.7 Å². The fraction of sp³-hybridized carbons (Fsp3) is 0.250. The average molecular weight is 373 g/mol. The molecule has 3 aromatic heterocycles. The van der Waals surface area contributed by atoms with E-state index in [2.05, 4.69) is 27.2 Å². The summed E-state index contributed by atoms with van der Waals surface area (Å²) in [6.45, 7) is 1.21. The van der Waals surface area contributed by atoms with Crippen molar-refractivity contribution in [2.45, 2.75) is 12.8 Å². The molecule has 140 valence electrons. The number of nitrogens with zero attached hydrogens (tertiary/aromatic N) is 7. The first-order chi connectivity index (χ1) is 13.7. The summed E-state index contributed by atoms with van der Waals surface area (Å²) >= 11 is 0. The molecule has 0 atom stereocenters. The number of benzene rings is 1. The van der Waals surface area contributed by atoms with E-state index in [0.29, 0.717) is 25.3 Å². The summed E-state index contributed by atoms with van der Waals surface area (Å²) in [6, 6.07) is 12.0. The van der Waals surface area contributed by atoms with E-state index < -0.39 is 0 Å². The Labute approximate surface area is 161 Å². The Morgan fingerprint density at radius 2 is 1.86 bits per heavy atom. The van der Waals surface area contributed by atoms with Gasteiger partial charge in [-0.25, -0.2) is 9.50 Å². The maximum atomic E-state index is 13.0. The number of amides is 1. The quantitative estimate of drug-likeness (QED) is 0.535. The predicted molar refractivity (Wildman–Crippen MR) is 103 cm³/mol. The van der Waals surface area contributed by atoms with Crippen LogP contribution in [0, 0.1) is 0 Å². The molecule has 0 spiro atoms. The van der Waals surface area contributed by atoms with E-state index >= 15 is 0 Å². The number of carbonyl (C=O) groups excluding carboxylic acids is 1. The Bertz CT molecular complexity index is 1130. The molecular formula is C20H19N7O. The van der Waals surface area contributed by atoms with Gasteiger partial charge in [-0.15, -0.1) is 5.10 Å². The van der Waals surface area contributed by atoms with Crippen molar-refractivity contribution < 1.29 is 4.79 Å². The molecule has 0 bridgehead atoms. The predicted octanol–water partition coefficient (Wildman–Crippen LogP) is 1.77. The third kappa shape index (κ3) is 2.74. The van der Waals surface area contributed by atoms with Crippen molar-refractivity contribution in [3.63, 3.8) is 0 Å². The summed E-state index contributed by atoms with van der Waals surface area (Å²) in [5.74, 6) is 0.445. The number of fused-ring (bicyclic) bond motifs is 2. The lowest BCUT2D eigenvalue weighted by Gasteiger charge is -2.18. The molecule has 1 aromatic carbocycles. The number of hydrogen-bond acceptors (Lipinski definition) is 5. The minimum Gasteiger partial charge on any atom is -0.335 e. The third-order valence-electron chi connectivity index (χ3n) is 5.12. The highest BCUT2D eigenvalue weighted by Crippen LogP contribution is 2.28. The zero-order valence-electron chi connectivity index (χ0n) is 15.5. The van der Waals surface area contributed by atoms with Crippen LogP contribution < -0.4 is 0 Å². The van der Waals surface area contributed by atoms with Crippen molar-refractivity contribution in [1.29, 1.82) is 0 Å². The van der Waals surface area contributed by atoms with E-state index in [1.165, 1.54) is 10.1 Å². The lowest BCUT2D eigenvalue weighted by Crippen LogP contribution is -2.34. The molecule has 1 aliphatic heterocycles. The van der Waals surface area contributed by atoms with Crippen LogP contribution in [0.3, 0.4) is 0 Å². The molecule has 4 heterocycles. The molecule has 1 aliphatic rings. The van der Waals surface area contributed by atoms with Crippen LogP contribution in [0.4, 0.5) is 0 Å². The van der Waals surface area contributed by atoms with Gasteiger partial charge in [0, 0.05) is 50.1 Å². The van der Waals surface area contributed by atoms with Gasteiger partial charge >= 0.3 is 0 Å². The fourth-order valence-corrected chi connectivity index (χ4v) is 3.81. The second-order valence-corrected chi connectivity index (χ2v) is 6.86. The topological polar surface area (TPSA) is 81.2 Å². The SMILES string of the molecule is Cn1nc2c(c1-c1ccccc1)CCN(C(=O)c1nc3ncccn3n1)CC2. The van der Waals surface area contributed by atoms with Crippen molar-refractivity contribution in [2.24, 2.45) is 7.05 Å². The van der Waals surface area contributed by atoms with Gasteiger partial charge in [0.15, 0.2) is 0 Å². The van der Waals surface area contributed by atoms with Gasteiger partial charge in [0.05, 0.1) is 11.4 Å². The zero-order chi connectivity index (χ0) is 19.1. The maximum Gasteiger partial charge on any atom is 0.293 e. The van der Waals surface area contributed by atoms with Crippen LogP contribution in [0.5, 0.6) is 0 Å². The molecule has 8 nitrogen and oxygen atoms in total. The van der Waals surface area contributed by atoms with Gasteiger partial charge in [0.2, 0.25) is 5.82 Å². The Morgan fingerprint density at radius 3 is 2.68 bits per heavy atom. The van der Waals surface area contributed by atoms with Crippen molar-refractivity contribution >= 4 is 11.7 Å². The minimum absolute atomic E-state index is 0.165. The Balaban J connectivity index is 1.42. The number of hydrogen-bond donors (Lipinski definition) is 0. The van der Waals surface area contributed by atoms with Gasteiger partial charge in [-0.1, -0.05) is 30.3 Å². The van der Waals surface area contributed by atoms with Crippen LogP contribution in [0.15, 0.2) is 48.8 Å². The number of aryl methyl sites for hydroxylation is 1. The van der Waals surface area contributed by atoms with E-state index in [0.717, 1.165) is 23.4 Å². The summed E-state index contributed by atoms with van der Waals surface area (Å²) in [4.78, 5) is 23.2. The largest absolute Gasteiger partial charge is 0.335 e. The van der Waals surface area contributed by atoms with Crippen molar-refractivity contribution in [2.75, 3.05) is 13.1 Å². The fourth-order valence-electron chi connectivity index (χ4n) is 3.81. The molecule has 0 aliphatic carbocycles. The van der Waals surface area contributed by atoms with Crippen LogP contribution in [-0.4, -0.2) is 53.3 Å². The standard InChI is InChI=1S/C20H19N7O/c1-25-17(14-6-3-2-4-7-14)15-8-12-26(13-9-16(15)23-25)19(28)18-22-20-21-10-5-11-27(20)24-18/h2-7,10-11H,8-9,12-13H2,1H3. The number of carbonyl (C=O) groups is 1. The van der Waals surface area contributed by atoms with E-state index in [1.807, 2.05) is 34.8 Å². The van der Waals surface area contributed by atoms with Crippen LogP contribution >= 0.6 is 0 Å². The molecule has 0 fully saturated rings. The Morgan fingerprint density at radius 1 is 1.04 bits per heavy atom. The monoisotopic (exact) mass is 373 g/mol. The summed E-state index contributed by atoms with van der Waals surface area (Å²) in [5.41, 5.74) is 4.54. The molecule has 4 aromatic rings. The third-order valence-corrected chi connectivity index (χ3v) is 5.12. The minimum atomic E-state index is -0.165. The summed E-state index contributed by atoms with van der Waals surface area (Å²) < 4.78 is 3.47. The number of rotatable bonds is 2. The molecule has 0 unspecified atom stereocenters. The summed E-state index contributed by atoms with van der Waals surface area (Å²) in [7, 11) is 1.98. The molecule has 0 saturated carbocycles. The molecule has 1 amide bonds. The van der Waals surface area contributed by atoms with E-state index in [1.54, 1.807) is 18.5 Å². The van der Waals surface area contributed by atoms with Crippen molar-refractivity contribution in [1.82, 2.24) is 34.3 Å². The van der Waals surface area contributed by atoms with Gasteiger partial charge in [-0.2, -0.15) is 10.1 Å². The molecule has 0 saturated heterocycles. The van der Waals surface area contributed by atoms with Crippen molar-refractivity contribution in [3.05, 3.63) is 65.9 Å². The molecule has 5 rings (SSSR count). The molecule has 0 N–H and O–H groups in total. The van der Waals surface area contributed by atoms with Crippen LogP contribution in [0.25, 0.3) is 17.0 Å². The lowest BCUT2D eigenvalue weighted by molar-refractivity contribution is 0.0750. The Kier molecular flexibility index (Phi) is 3.89. The van der Waals surface area contributed by atoms with Gasteiger partial charge in [-0.3, -0.25) is 9.48 Å². The molecule has 0 radical (unpaired) electrons. The normalized spacial score (nSPS) is 14.1.